The topological polar surface area (TPSA) is 55.5 Å². The Bertz CT molecular complexity index is 325. The molecule has 0 saturated heterocycles. The fourth-order valence-electron chi connectivity index (χ4n) is 1.04. The fraction of sp³-hybridized carbons (Fsp3) is 0.250. The van der Waals surface area contributed by atoms with Gasteiger partial charge < -0.3 is 15.6 Å². The first-order valence-corrected chi connectivity index (χ1v) is 4.30. The maximum atomic E-state index is 13.3. The molecule has 3 N–H and O–H groups in total. The molecule has 3 nitrogen and oxygen atoms in total. The molecule has 1 aromatic carbocycles. The molecule has 0 fully saturated rings. The molecule has 0 unspecified atom stereocenters. The van der Waals surface area contributed by atoms with Crippen molar-refractivity contribution < 1.29 is 14.2 Å². The van der Waals surface area contributed by atoms with E-state index in [0.29, 0.717) is 0 Å². The number of phenolic OH excluding ortho intramolecular Hbond substituents is 1. The minimum atomic E-state index is -0.521. The van der Waals surface area contributed by atoms with Crippen LogP contribution in [0.2, 0.25) is 0 Å². The lowest BCUT2D eigenvalue weighted by Crippen LogP contribution is -1.98. The van der Waals surface area contributed by atoms with E-state index in [1.54, 1.807) is 0 Å². The van der Waals surface area contributed by atoms with Gasteiger partial charge >= 0.3 is 0 Å². The number of nitrogens with two attached hydrogens (primary N) is 1. The zero-order valence-electron chi connectivity index (χ0n) is 7.19. The van der Waals surface area contributed by atoms with Crippen LogP contribution in [0.25, 0.3) is 0 Å². The Hall–Kier alpha value is -0.970. The van der Waals surface area contributed by atoms with E-state index in [1.807, 2.05) is 0 Å². The van der Waals surface area contributed by atoms with E-state index in [2.05, 4.69) is 15.9 Å². The number of anilines is 1. The third-order valence-electron chi connectivity index (χ3n) is 1.77. The van der Waals surface area contributed by atoms with Gasteiger partial charge in [0.05, 0.1) is 17.3 Å². The van der Waals surface area contributed by atoms with Gasteiger partial charge in [-0.05, 0) is 22.9 Å². The minimum Gasteiger partial charge on any atom is -0.503 e. The summed E-state index contributed by atoms with van der Waals surface area (Å²) in [7, 11) is 1.34. The molecular weight excluding hydrogens is 241 g/mol. The Morgan fingerprint density at radius 1 is 1.54 bits per heavy atom. The van der Waals surface area contributed by atoms with Crippen LogP contribution in [0.15, 0.2) is 4.47 Å². The van der Waals surface area contributed by atoms with Crippen molar-refractivity contribution in [1.29, 1.82) is 0 Å². The molecule has 5 heteroatoms. The van der Waals surface area contributed by atoms with Crippen molar-refractivity contribution in [2.24, 2.45) is 0 Å². The molecule has 0 atom stereocenters. The van der Waals surface area contributed by atoms with Crippen LogP contribution in [0.1, 0.15) is 5.56 Å². The van der Waals surface area contributed by atoms with E-state index in [0.717, 1.165) is 0 Å². The molecule has 0 aromatic heterocycles. The highest BCUT2D eigenvalue weighted by atomic mass is 79.9. The first-order valence-electron chi connectivity index (χ1n) is 3.50. The average molecular weight is 250 g/mol. The van der Waals surface area contributed by atoms with Crippen molar-refractivity contribution in [1.82, 2.24) is 0 Å². The summed E-state index contributed by atoms with van der Waals surface area (Å²) in [5.74, 6) is -0.696. The van der Waals surface area contributed by atoms with E-state index in [-0.39, 0.29) is 27.2 Å². The van der Waals surface area contributed by atoms with Gasteiger partial charge in [0, 0.05) is 5.56 Å². The molecular formula is C8H9BrFNO2. The van der Waals surface area contributed by atoms with Crippen LogP contribution in [0.5, 0.6) is 11.5 Å². The smallest absolute Gasteiger partial charge is 0.182 e. The summed E-state index contributed by atoms with van der Waals surface area (Å²) < 4.78 is 18.2. The van der Waals surface area contributed by atoms with Crippen LogP contribution in [0.3, 0.4) is 0 Å². The summed E-state index contributed by atoms with van der Waals surface area (Å²) in [4.78, 5) is 0. The summed E-state index contributed by atoms with van der Waals surface area (Å²) in [6, 6.07) is 0. The third-order valence-corrected chi connectivity index (χ3v) is 2.55. The molecule has 0 radical (unpaired) electrons. The summed E-state index contributed by atoms with van der Waals surface area (Å²) >= 11 is 2.93. The summed E-state index contributed by atoms with van der Waals surface area (Å²) in [6.07, 6.45) is 0. The highest BCUT2D eigenvalue weighted by molar-refractivity contribution is 9.10. The second-order valence-electron chi connectivity index (χ2n) is 2.55. The third kappa shape index (κ3) is 1.44. The molecule has 0 saturated carbocycles. The number of rotatable bonds is 1. The van der Waals surface area contributed by atoms with E-state index < -0.39 is 5.82 Å². The monoisotopic (exact) mass is 249 g/mol. The van der Waals surface area contributed by atoms with Crippen molar-refractivity contribution in [2.75, 3.05) is 12.8 Å². The van der Waals surface area contributed by atoms with Crippen LogP contribution < -0.4 is 10.5 Å². The fourth-order valence-corrected chi connectivity index (χ4v) is 1.52. The number of ether oxygens (including phenoxy) is 1. The molecule has 0 aliphatic heterocycles. The zero-order chi connectivity index (χ0) is 10.2. The number of hydrogen-bond donors (Lipinski definition) is 2. The van der Waals surface area contributed by atoms with E-state index in [4.69, 9.17) is 10.5 Å². The van der Waals surface area contributed by atoms with Crippen molar-refractivity contribution in [2.45, 2.75) is 6.92 Å². The van der Waals surface area contributed by atoms with Gasteiger partial charge in [0.2, 0.25) is 0 Å². The van der Waals surface area contributed by atoms with Crippen LogP contribution in [0.4, 0.5) is 10.1 Å². The van der Waals surface area contributed by atoms with Gasteiger partial charge in [0.1, 0.15) is 5.82 Å². The van der Waals surface area contributed by atoms with Crippen molar-refractivity contribution in [3.63, 3.8) is 0 Å². The number of nitrogen functional groups attached to an aromatic ring is 1. The number of hydrogen-bond acceptors (Lipinski definition) is 3. The Morgan fingerprint density at radius 3 is 2.54 bits per heavy atom. The Morgan fingerprint density at radius 2 is 2.08 bits per heavy atom. The molecule has 0 heterocycles. The second kappa shape index (κ2) is 3.41. The number of phenols is 1. The number of halogens is 2. The van der Waals surface area contributed by atoms with Gasteiger partial charge in [-0.3, -0.25) is 0 Å². The standard InChI is InChI=1S/C8H9BrFNO2/c1-3-5(10)4(9)6(11)7(12)8(3)13-2/h12H,11H2,1-2H3. The number of benzene rings is 1. The highest BCUT2D eigenvalue weighted by Crippen LogP contribution is 2.42. The van der Waals surface area contributed by atoms with E-state index in [1.165, 1.54) is 14.0 Å². The van der Waals surface area contributed by atoms with Gasteiger partial charge in [-0.25, -0.2) is 4.39 Å². The van der Waals surface area contributed by atoms with Gasteiger partial charge in [0.25, 0.3) is 0 Å². The molecule has 0 amide bonds. The predicted molar refractivity (Wildman–Crippen MR) is 51.5 cm³/mol. The molecule has 0 spiro atoms. The predicted octanol–water partition coefficient (Wildman–Crippen LogP) is 2.19. The Labute approximate surface area is 83.4 Å². The largest absolute Gasteiger partial charge is 0.503 e. The van der Waals surface area contributed by atoms with Gasteiger partial charge in [-0.1, -0.05) is 0 Å². The highest BCUT2D eigenvalue weighted by Gasteiger charge is 2.18. The lowest BCUT2D eigenvalue weighted by atomic mass is 10.1. The number of aromatic hydroxyl groups is 1. The Balaban J connectivity index is 3.56. The quantitative estimate of drug-likeness (QED) is 0.593. The molecule has 1 aromatic rings. The molecule has 13 heavy (non-hydrogen) atoms. The molecule has 1 rings (SSSR count). The average Bonchev–Trinajstić information content (AvgIpc) is 2.13. The maximum absolute atomic E-state index is 13.3. The van der Waals surface area contributed by atoms with E-state index in [9.17, 15) is 9.50 Å². The molecule has 0 aliphatic carbocycles. The van der Waals surface area contributed by atoms with Gasteiger partial charge in [-0.15, -0.1) is 0 Å². The van der Waals surface area contributed by atoms with Crippen LogP contribution >= 0.6 is 15.9 Å². The first kappa shape index (κ1) is 10.1. The van der Waals surface area contributed by atoms with Crippen LogP contribution in [0, 0.1) is 12.7 Å². The summed E-state index contributed by atoms with van der Waals surface area (Å²) in [6.45, 7) is 1.50. The molecule has 0 aliphatic rings. The number of methoxy groups -OCH3 is 1. The van der Waals surface area contributed by atoms with Gasteiger partial charge in [0.15, 0.2) is 11.5 Å². The van der Waals surface area contributed by atoms with Crippen LogP contribution in [-0.2, 0) is 0 Å². The van der Waals surface area contributed by atoms with Crippen molar-refractivity contribution in [3.8, 4) is 11.5 Å². The SMILES string of the molecule is COc1c(C)c(F)c(Br)c(N)c1O. The van der Waals surface area contributed by atoms with Crippen LogP contribution in [-0.4, -0.2) is 12.2 Å². The Kier molecular flexibility index (Phi) is 2.66. The summed E-state index contributed by atoms with van der Waals surface area (Å²) in [5, 5.41) is 9.44. The lowest BCUT2D eigenvalue weighted by molar-refractivity contribution is 0.368. The second-order valence-corrected chi connectivity index (χ2v) is 3.34. The zero-order valence-corrected chi connectivity index (χ0v) is 8.77. The van der Waals surface area contributed by atoms with Crippen molar-refractivity contribution in [3.05, 3.63) is 15.9 Å². The minimum absolute atomic E-state index is 0.0556. The first-order chi connectivity index (χ1) is 6.00. The van der Waals surface area contributed by atoms with E-state index >= 15 is 0 Å². The van der Waals surface area contributed by atoms with Crippen molar-refractivity contribution >= 4 is 21.6 Å². The normalized spacial score (nSPS) is 10.2. The summed E-state index contributed by atoms with van der Waals surface area (Å²) in [5.41, 5.74) is 5.58. The molecule has 72 valence electrons. The van der Waals surface area contributed by atoms with Gasteiger partial charge in [-0.2, -0.15) is 0 Å². The lowest BCUT2D eigenvalue weighted by Gasteiger charge is -2.11. The maximum Gasteiger partial charge on any atom is 0.182 e. The molecule has 0 bridgehead atoms.